The second-order valence-corrected chi connectivity index (χ2v) is 9.77. The molecule has 2 aliphatic carbocycles. The summed E-state index contributed by atoms with van der Waals surface area (Å²) >= 11 is 0. The number of rotatable bonds is 6. The van der Waals surface area contributed by atoms with Crippen molar-refractivity contribution < 1.29 is 9.53 Å². The van der Waals surface area contributed by atoms with Gasteiger partial charge in [-0.3, -0.25) is 9.80 Å². The number of ether oxygens (including phenoxy) is 1. The van der Waals surface area contributed by atoms with E-state index >= 15 is 0 Å². The molecule has 3 fully saturated rings. The van der Waals surface area contributed by atoms with Gasteiger partial charge in [0, 0.05) is 6.54 Å². The molecular formula is C24H32N6O2. The molecule has 8 nitrogen and oxygen atoms in total. The van der Waals surface area contributed by atoms with E-state index in [9.17, 15) is 4.79 Å². The highest BCUT2D eigenvalue weighted by molar-refractivity contribution is 5.96. The normalized spacial score (nSPS) is 27.7. The first-order valence-electron chi connectivity index (χ1n) is 11.4. The maximum Gasteiger partial charge on any atom is 0.325 e. The summed E-state index contributed by atoms with van der Waals surface area (Å²) in [5.74, 6) is 1.07. The molecule has 0 radical (unpaired) electrons. The first-order chi connectivity index (χ1) is 15.4. The number of carbonyl (C=O) groups excluding carboxylic acids is 1. The van der Waals surface area contributed by atoms with Crippen LogP contribution in [0.15, 0.2) is 36.5 Å². The minimum atomic E-state index is -0.223. The van der Waals surface area contributed by atoms with Gasteiger partial charge in [-0.1, -0.05) is 36.8 Å². The molecule has 1 aromatic carbocycles. The van der Waals surface area contributed by atoms with Crippen LogP contribution in [-0.4, -0.2) is 65.6 Å². The molecule has 2 heterocycles. The Bertz CT molecular complexity index is 1000. The predicted octanol–water partition coefficient (Wildman–Crippen LogP) is 3.10. The van der Waals surface area contributed by atoms with E-state index in [0.717, 1.165) is 19.4 Å². The number of benzene rings is 1. The molecule has 2 N–H and O–H groups in total. The van der Waals surface area contributed by atoms with Gasteiger partial charge in [-0.2, -0.15) is 4.98 Å². The fraction of sp³-hybridized carbons (Fsp3) is 0.542. The predicted molar refractivity (Wildman–Crippen MR) is 124 cm³/mol. The first kappa shape index (κ1) is 21.0. The Balaban J connectivity index is 1.50. The van der Waals surface area contributed by atoms with Gasteiger partial charge in [-0.15, -0.1) is 0 Å². The topological polar surface area (TPSA) is 87.8 Å². The van der Waals surface area contributed by atoms with Crippen LogP contribution < -0.4 is 15.4 Å². The van der Waals surface area contributed by atoms with Gasteiger partial charge >= 0.3 is 6.03 Å². The van der Waals surface area contributed by atoms with E-state index < -0.39 is 0 Å². The summed E-state index contributed by atoms with van der Waals surface area (Å²) in [5, 5.41) is 0. The fourth-order valence-corrected chi connectivity index (χ4v) is 5.76. The molecule has 8 heteroatoms. The largest absolute Gasteiger partial charge is 0.479 e. The molecule has 2 saturated carbocycles. The van der Waals surface area contributed by atoms with Crippen LogP contribution in [0.4, 0.5) is 16.4 Å². The zero-order valence-electron chi connectivity index (χ0n) is 19.1. The molecule has 1 aromatic heterocycles. The third kappa shape index (κ3) is 3.11. The number of nitrogens with two attached hydrogens (primary N) is 1. The van der Waals surface area contributed by atoms with E-state index in [-0.39, 0.29) is 23.1 Å². The quantitative estimate of drug-likeness (QED) is 0.749. The molecule has 1 spiro atoms. The van der Waals surface area contributed by atoms with Crippen LogP contribution >= 0.6 is 0 Å². The Hall–Kier alpha value is -2.87. The van der Waals surface area contributed by atoms with Gasteiger partial charge in [0.2, 0.25) is 11.8 Å². The lowest BCUT2D eigenvalue weighted by Gasteiger charge is -2.61. The molecule has 0 atom stereocenters. The number of aromatic nitrogens is 2. The maximum atomic E-state index is 13.8. The molecule has 32 heavy (non-hydrogen) atoms. The lowest BCUT2D eigenvalue weighted by Crippen LogP contribution is -2.68. The van der Waals surface area contributed by atoms with Crippen LogP contribution in [0.25, 0.3) is 0 Å². The molecule has 2 aromatic rings. The summed E-state index contributed by atoms with van der Waals surface area (Å²) < 4.78 is 5.45. The van der Waals surface area contributed by atoms with E-state index in [1.165, 1.54) is 24.8 Å². The van der Waals surface area contributed by atoms with E-state index in [2.05, 4.69) is 64.2 Å². The fourth-order valence-electron chi connectivity index (χ4n) is 5.76. The van der Waals surface area contributed by atoms with Gasteiger partial charge in [0.05, 0.1) is 30.9 Å². The third-order valence-electron chi connectivity index (χ3n) is 7.80. The molecule has 2 amide bonds. The molecule has 1 aliphatic heterocycles. The molecule has 1 saturated heterocycles. The second kappa shape index (κ2) is 7.62. The Morgan fingerprint density at radius 2 is 1.94 bits per heavy atom. The summed E-state index contributed by atoms with van der Waals surface area (Å²) in [4.78, 5) is 28.3. The van der Waals surface area contributed by atoms with Crippen molar-refractivity contribution in [3.63, 3.8) is 0 Å². The van der Waals surface area contributed by atoms with Crippen LogP contribution in [0.3, 0.4) is 0 Å². The van der Waals surface area contributed by atoms with Crippen LogP contribution in [0.1, 0.15) is 37.7 Å². The monoisotopic (exact) mass is 436 g/mol. The summed E-state index contributed by atoms with van der Waals surface area (Å²) in [6.07, 6.45) is 7.05. The molecule has 3 aliphatic rings. The Kier molecular flexibility index (Phi) is 5.00. The van der Waals surface area contributed by atoms with Gasteiger partial charge < -0.3 is 15.4 Å². The Labute approximate surface area is 189 Å². The highest BCUT2D eigenvalue weighted by Crippen LogP contribution is 2.57. The molecule has 0 unspecified atom stereocenters. The second-order valence-electron chi connectivity index (χ2n) is 9.77. The summed E-state index contributed by atoms with van der Waals surface area (Å²) in [5.41, 5.74) is 7.34. The van der Waals surface area contributed by atoms with Gasteiger partial charge in [0.25, 0.3) is 0 Å². The molecule has 0 bridgehead atoms. The van der Waals surface area contributed by atoms with Crippen molar-refractivity contribution in [3.05, 3.63) is 42.1 Å². The van der Waals surface area contributed by atoms with Crippen LogP contribution in [0.2, 0.25) is 0 Å². The summed E-state index contributed by atoms with van der Waals surface area (Å²) in [6.45, 7) is 1.41. The Morgan fingerprint density at radius 1 is 1.22 bits per heavy atom. The highest BCUT2D eigenvalue weighted by atomic mass is 16.5. The van der Waals surface area contributed by atoms with Crippen LogP contribution in [0, 0.1) is 5.92 Å². The molecule has 5 rings (SSSR count). The lowest BCUT2D eigenvalue weighted by molar-refractivity contribution is -0.0728. The number of anilines is 2. The van der Waals surface area contributed by atoms with Crippen molar-refractivity contribution in [1.82, 2.24) is 19.8 Å². The SMILES string of the molecule is COc1nc(N)ncc1N1C[C@]2(C[C@@](c3ccccc3)(N(C)C)C2)N(CC2CCC2)C1=O. The average Bonchev–Trinajstić information content (AvgIpc) is 3.01. The zero-order chi connectivity index (χ0) is 22.5. The molecule has 170 valence electrons. The van der Waals surface area contributed by atoms with Crippen molar-refractivity contribution >= 4 is 17.7 Å². The van der Waals surface area contributed by atoms with Crippen molar-refractivity contribution in [3.8, 4) is 5.88 Å². The minimum Gasteiger partial charge on any atom is -0.479 e. The van der Waals surface area contributed by atoms with E-state index in [0.29, 0.717) is 24.0 Å². The van der Waals surface area contributed by atoms with E-state index in [1.807, 2.05) is 0 Å². The van der Waals surface area contributed by atoms with E-state index in [4.69, 9.17) is 10.5 Å². The number of nitrogen functional groups attached to an aromatic ring is 1. The third-order valence-corrected chi connectivity index (χ3v) is 7.80. The number of hydrogen-bond donors (Lipinski definition) is 1. The van der Waals surface area contributed by atoms with Crippen LogP contribution in [0.5, 0.6) is 5.88 Å². The number of urea groups is 1. The summed E-state index contributed by atoms with van der Waals surface area (Å²) in [7, 11) is 5.83. The highest BCUT2D eigenvalue weighted by Gasteiger charge is 2.65. The number of nitrogens with zero attached hydrogens (tertiary/aromatic N) is 5. The van der Waals surface area contributed by atoms with Crippen molar-refractivity contribution in [2.45, 2.75) is 43.2 Å². The molecular weight excluding hydrogens is 404 g/mol. The van der Waals surface area contributed by atoms with Gasteiger partial charge in [-0.05, 0) is 51.3 Å². The number of hydrogen-bond acceptors (Lipinski definition) is 6. The Morgan fingerprint density at radius 3 is 2.53 bits per heavy atom. The number of carbonyl (C=O) groups is 1. The van der Waals surface area contributed by atoms with Crippen LogP contribution in [-0.2, 0) is 5.54 Å². The number of amides is 2. The van der Waals surface area contributed by atoms with Gasteiger partial charge in [-0.25, -0.2) is 9.78 Å². The van der Waals surface area contributed by atoms with Gasteiger partial charge in [0.1, 0.15) is 5.69 Å². The smallest absolute Gasteiger partial charge is 0.325 e. The van der Waals surface area contributed by atoms with Gasteiger partial charge in [0.15, 0.2) is 0 Å². The van der Waals surface area contributed by atoms with Crippen molar-refractivity contribution in [2.24, 2.45) is 5.92 Å². The van der Waals surface area contributed by atoms with Crippen molar-refractivity contribution in [1.29, 1.82) is 0 Å². The zero-order valence-corrected chi connectivity index (χ0v) is 19.1. The average molecular weight is 437 g/mol. The number of methoxy groups -OCH3 is 1. The van der Waals surface area contributed by atoms with E-state index in [1.54, 1.807) is 18.2 Å². The lowest BCUT2D eigenvalue weighted by atomic mass is 9.58. The summed E-state index contributed by atoms with van der Waals surface area (Å²) in [6, 6.07) is 10.7. The standard InChI is InChI=1S/C24H32N6O2/c1-28(2)24(18-10-5-4-6-11-18)14-23(15-24)16-29(19-12-26-21(25)27-20(19)32-3)22(31)30(23)13-17-8-7-9-17/h4-6,10-12,17H,7-9,13-16H2,1-3H3,(H2,25,26,27)/t23-,24-. The maximum absolute atomic E-state index is 13.8. The minimum absolute atomic E-state index is 0.0176. The van der Waals surface area contributed by atoms with Crippen molar-refractivity contribution in [2.75, 3.05) is 44.9 Å². The first-order valence-corrected chi connectivity index (χ1v) is 11.4.